The molecule has 1 amide bonds. The summed E-state index contributed by atoms with van der Waals surface area (Å²) in [5, 5.41) is 7.81. The van der Waals surface area contributed by atoms with Crippen molar-refractivity contribution in [3.8, 4) is 0 Å². The molecule has 2 aromatic rings. The summed E-state index contributed by atoms with van der Waals surface area (Å²) in [6.45, 7) is 3.57. The Morgan fingerprint density at radius 1 is 1.24 bits per heavy atom. The molecule has 8 nitrogen and oxygen atoms in total. The average Bonchev–Trinajstić information content (AvgIpc) is 3.18. The summed E-state index contributed by atoms with van der Waals surface area (Å²) in [6, 6.07) is 5.23. The highest BCUT2D eigenvalue weighted by atomic mass is 32.2. The van der Waals surface area contributed by atoms with E-state index in [4.69, 9.17) is 4.63 Å². The van der Waals surface area contributed by atoms with Crippen LogP contribution < -0.4 is 0 Å². The second kappa shape index (κ2) is 6.06. The Bertz CT molecular complexity index is 910. The van der Waals surface area contributed by atoms with E-state index in [1.165, 1.54) is 0 Å². The van der Waals surface area contributed by atoms with Crippen LogP contribution in [0.15, 0.2) is 22.8 Å². The van der Waals surface area contributed by atoms with Crippen molar-refractivity contribution in [3.05, 3.63) is 23.8 Å². The summed E-state index contributed by atoms with van der Waals surface area (Å²) in [5.41, 5.74) is 2.34. The minimum Gasteiger partial charge on any atom is -0.336 e. The van der Waals surface area contributed by atoms with Gasteiger partial charge in [-0.15, -0.1) is 0 Å². The molecule has 25 heavy (non-hydrogen) atoms. The van der Waals surface area contributed by atoms with Gasteiger partial charge in [-0.3, -0.25) is 9.69 Å². The second-order valence-corrected chi connectivity index (χ2v) is 8.83. The number of carbonyl (C=O) groups is 1. The predicted octanol–water partition coefficient (Wildman–Crippen LogP) is 0.443. The summed E-state index contributed by atoms with van der Waals surface area (Å²) in [6.07, 6.45) is 0.396. The summed E-state index contributed by atoms with van der Waals surface area (Å²) in [5.74, 6) is 0.169. The number of fused-ring (bicyclic) bond motifs is 2. The van der Waals surface area contributed by atoms with Crippen LogP contribution >= 0.6 is 0 Å². The van der Waals surface area contributed by atoms with Crippen LogP contribution in [0, 0.1) is 0 Å². The normalized spacial score (nSPS) is 26.0. The van der Waals surface area contributed by atoms with E-state index in [1.54, 1.807) is 4.90 Å². The van der Waals surface area contributed by atoms with Gasteiger partial charge in [-0.1, -0.05) is 19.1 Å². The van der Waals surface area contributed by atoms with Gasteiger partial charge in [0, 0.05) is 32.1 Å². The van der Waals surface area contributed by atoms with Crippen molar-refractivity contribution in [1.82, 2.24) is 20.1 Å². The molecule has 2 aliphatic heterocycles. The highest BCUT2D eigenvalue weighted by Gasteiger charge is 2.47. The number of hydrogen-bond donors (Lipinski definition) is 0. The van der Waals surface area contributed by atoms with E-state index in [9.17, 15) is 13.2 Å². The van der Waals surface area contributed by atoms with Crippen LogP contribution in [0.5, 0.6) is 0 Å². The van der Waals surface area contributed by atoms with E-state index in [-0.39, 0.29) is 29.5 Å². The fourth-order valence-electron chi connectivity index (χ4n) is 3.94. The first kappa shape index (κ1) is 16.5. The molecule has 2 aliphatic rings. The van der Waals surface area contributed by atoms with Crippen LogP contribution in [0.3, 0.4) is 0 Å². The Balaban J connectivity index is 1.63. The minimum absolute atomic E-state index is 0.0227. The number of nitrogens with zero attached hydrogens (tertiary/aromatic N) is 4. The quantitative estimate of drug-likeness (QED) is 0.780. The molecular weight excluding hydrogens is 344 g/mol. The van der Waals surface area contributed by atoms with Gasteiger partial charge in [0.15, 0.2) is 9.84 Å². The highest BCUT2D eigenvalue weighted by Crippen LogP contribution is 2.29. The van der Waals surface area contributed by atoms with Crippen molar-refractivity contribution in [2.45, 2.75) is 32.0 Å². The van der Waals surface area contributed by atoms with E-state index in [1.807, 2.05) is 25.1 Å². The third-order valence-corrected chi connectivity index (χ3v) is 6.86. The van der Waals surface area contributed by atoms with Crippen molar-refractivity contribution in [2.24, 2.45) is 0 Å². The van der Waals surface area contributed by atoms with Crippen LogP contribution in [0.25, 0.3) is 11.0 Å². The summed E-state index contributed by atoms with van der Waals surface area (Å²) >= 11 is 0. The zero-order valence-corrected chi connectivity index (χ0v) is 14.8. The molecule has 1 aromatic carbocycles. The maximum absolute atomic E-state index is 12.2. The fourth-order valence-corrected chi connectivity index (χ4v) is 5.95. The van der Waals surface area contributed by atoms with Crippen molar-refractivity contribution >= 4 is 26.8 Å². The Hall–Kier alpha value is -2.00. The molecule has 2 atom stereocenters. The number of benzene rings is 1. The van der Waals surface area contributed by atoms with Crippen LogP contribution in [0.1, 0.15) is 18.9 Å². The first-order valence-electron chi connectivity index (χ1n) is 8.42. The highest BCUT2D eigenvalue weighted by molar-refractivity contribution is 7.91. The molecule has 3 heterocycles. The van der Waals surface area contributed by atoms with E-state index >= 15 is 0 Å². The van der Waals surface area contributed by atoms with E-state index in [2.05, 4.69) is 15.2 Å². The topological polar surface area (TPSA) is 96.6 Å². The molecule has 134 valence electrons. The van der Waals surface area contributed by atoms with Crippen molar-refractivity contribution in [1.29, 1.82) is 0 Å². The van der Waals surface area contributed by atoms with Gasteiger partial charge >= 0.3 is 0 Å². The van der Waals surface area contributed by atoms with Gasteiger partial charge in [0.05, 0.1) is 17.5 Å². The molecular formula is C16H20N4O4S. The molecule has 4 rings (SSSR count). The number of rotatable bonds is 3. The number of sulfone groups is 1. The second-order valence-electron chi connectivity index (χ2n) is 6.67. The first-order chi connectivity index (χ1) is 12.0. The standard InChI is InChI=1S/C16H20N4O4S/c1-2-15(21)20-7-6-19(13-9-25(22,23)10-14(13)20)8-11-4-3-5-12-16(11)18-24-17-12/h3-5,13-14H,2,6-10H2,1H3/t13-,14+/m0/s1. The lowest BCUT2D eigenvalue weighted by molar-refractivity contribution is -0.136. The van der Waals surface area contributed by atoms with Crippen molar-refractivity contribution in [3.63, 3.8) is 0 Å². The molecule has 9 heteroatoms. The molecule has 0 N–H and O–H groups in total. The predicted molar refractivity (Wildman–Crippen MR) is 90.4 cm³/mol. The Morgan fingerprint density at radius 3 is 2.84 bits per heavy atom. The zero-order chi connectivity index (χ0) is 17.6. The zero-order valence-electron chi connectivity index (χ0n) is 14.0. The van der Waals surface area contributed by atoms with Crippen LogP contribution in [-0.2, 0) is 21.2 Å². The maximum atomic E-state index is 12.2. The lowest BCUT2D eigenvalue weighted by Crippen LogP contribution is -2.60. The number of amides is 1. The molecule has 0 spiro atoms. The van der Waals surface area contributed by atoms with Gasteiger partial charge in [0.1, 0.15) is 11.0 Å². The van der Waals surface area contributed by atoms with Crippen LogP contribution in [-0.4, -0.2) is 71.1 Å². The Morgan fingerprint density at radius 2 is 2.04 bits per heavy atom. The van der Waals surface area contributed by atoms with Crippen molar-refractivity contribution < 1.29 is 17.8 Å². The van der Waals surface area contributed by atoms with Crippen LogP contribution in [0.2, 0.25) is 0 Å². The molecule has 0 aliphatic carbocycles. The van der Waals surface area contributed by atoms with Gasteiger partial charge < -0.3 is 4.90 Å². The molecule has 0 unspecified atom stereocenters. The van der Waals surface area contributed by atoms with E-state index in [0.29, 0.717) is 37.1 Å². The number of carbonyl (C=O) groups excluding carboxylic acids is 1. The molecule has 2 fully saturated rings. The molecule has 2 saturated heterocycles. The van der Waals surface area contributed by atoms with Gasteiger partial charge in [0.2, 0.25) is 5.91 Å². The summed E-state index contributed by atoms with van der Waals surface area (Å²) in [4.78, 5) is 16.1. The van der Waals surface area contributed by atoms with Crippen LogP contribution in [0.4, 0.5) is 0 Å². The summed E-state index contributed by atoms with van der Waals surface area (Å²) < 4.78 is 29.3. The minimum atomic E-state index is -3.14. The van der Waals surface area contributed by atoms with Gasteiger partial charge in [-0.25, -0.2) is 13.0 Å². The third kappa shape index (κ3) is 2.91. The molecule has 1 aromatic heterocycles. The van der Waals surface area contributed by atoms with E-state index in [0.717, 1.165) is 5.56 Å². The monoisotopic (exact) mass is 364 g/mol. The number of piperazine rings is 1. The number of hydrogen-bond acceptors (Lipinski definition) is 7. The van der Waals surface area contributed by atoms with E-state index < -0.39 is 9.84 Å². The van der Waals surface area contributed by atoms with Gasteiger partial charge in [-0.05, 0) is 21.9 Å². The molecule has 0 saturated carbocycles. The fraction of sp³-hybridized carbons (Fsp3) is 0.562. The SMILES string of the molecule is CCC(=O)N1CCN(Cc2cccc3nonc23)[C@H]2CS(=O)(=O)C[C@H]21. The Kier molecular flexibility index (Phi) is 3.99. The van der Waals surface area contributed by atoms with Gasteiger partial charge in [0.25, 0.3) is 0 Å². The maximum Gasteiger partial charge on any atom is 0.222 e. The van der Waals surface area contributed by atoms with Crippen molar-refractivity contribution in [2.75, 3.05) is 24.6 Å². The first-order valence-corrected chi connectivity index (χ1v) is 10.2. The third-order valence-electron chi connectivity index (χ3n) is 5.16. The average molecular weight is 364 g/mol. The molecule has 0 radical (unpaired) electrons. The molecule has 0 bridgehead atoms. The lowest BCUT2D eigenvalue weighted by Gasteiger charge is -2.44. The largest absolute Gasteiger partial charge is 0.336 e. The lowest BCUT2D eigenvalue weighted by atomic mass is 10.0. The summed E-state index contributed by atoms with van der Waals surface area (Å²) in [7, 11) is -3.14. The Labute approximate surface area is 145 Å². The smallest absolute Gasteiger partial charge is 0.222 e. The number of aromatic nitrogens is 2. The van der Waals surface area contributed by atoms with Gasteiger partial charge in [-0.2, -0.15) is 0 Å².